The van der Waals surface area contributed by atoms with Crippen LogP contribution in [0.3, 0.4) is 0 Å². The maximum atomic E-state index is 11.3. The lowest BCUT2D eigenvalue weighted by Crippen LogP contribution is -2.46. The van der Waals surface area contributed by atoms with Gasteiger partial charge in [-0.3, -0.25) is 4.79 Å². The van der Waals surface area contributed by atoms with Crippen molar-refractivity contribution in [1.29, 1.82) is 0 Å². The van der Waals surface area contributed by atoms with Crippen molar-refractivity contribution in [3.63, 3.8) is 0 Å². The van der Waals surface area contributed by atoms with Gasteiger partial charge in [0.15, 0.2) is 0 Å². The molecule has 0 rings (SSSR count). The second kappa shape index (κ2) is 7.99. The molecule has 0 aromatic heterocycles. The average molecular weight is 214 g/mol. The van der Waals surface area contributed by atoms with Gasteiger partial charge in [0.25, 0.3) is 0 Å². The van der Waals surface area contributed by atoms with Crippen LogP contribution in [-0.2, 0) is 14.3 Å². The van der Waals surface area contributed by atoms with Crippen LogP contribution >= 0.6 is 0 Å². The van der Waals surface area contributed by atoms with Crippen LogP contribution in [0.1, 0.15) is 19.8 Å². The van der Waals surface area contributed by atoms with Gasteiger partial charge < -0.3 is 15.8 Å². The van der Waals surface area contributed by atoms with Gasteiger partial charge in [-0.1, -0.05) is 19.9 Å². The summed E-state index contributed by atoms with van der Waals surface area (Å²) in [6.07, 6.45) is 2.83. The van der Waals surface area contributed by atoms with Gasteiger partial charge in [-0.25, -0.2) is 4.79 Å². The number of amides is 1. The van der Waals surface area contributed by atoms with Crippen molar-refractivity contribution >= 4 is 11.9 Å². The molecule has 1 amide bonds. The molecule has 1 unspecified atom stereocenters. The smallest absolute Gasteiger partial charge is 0.329 e. The molecule has 0 radical (unpaired) electrons. The predicted octanol–water partition coefficient (Wildman–Crippen LogP) is -0.0408. The van der Waals surface area contributed by atoms with E-state index in [0.717, 1.165) is 18.9 Å². The number of ether oxygens (including phenoxy) is 1. The number of hydrogen-bond acceptors (Lipinski definition) is 4. The molecule has 0 spiro atoms. The molecule has 86 valence electrons. The maximum absolute atomic E-state index is 11.3. The maximum Gasteiger partial charge on any atom is 0.329 e. The molecule has 0 aliphatic rings. The second-order valence-corrected chi connectivity index (χ2v) is 3.02. The molecule has 0 aromatic carbocycles. The molecule has 0 aromatic rings. The van der Waals surface area contributed by atoms with Crippen LogP contribution in [0, 0.1) is 0 Å². The fourth-order valence-corrected chi connectivity index (χ4v) is 0.862. The quantitative estimate of drug-likeness (QED) is 0.354. The lowest BCUT2D eigenvalue weighted by Gasteiger charge is -2.14. The van der Waals surface area contributed by atoms with Crippen molar-refractivity contribution in [3.05, 3.63) is 12.7 Å². The third kappa shape index (κ3) is 5.85. The van der Waals surface area contributed by atoms with Crippen molar-refractivity contribution in [3.8, 4) is 0 Å². The lowest BCUT2D eigenvalue weighted by atomic mass is 10.3. The van der Waals surface area contributed by atoms with E-state index in [0.29, 0.717) is 6.61 Å². The topological polar surface area (TPSA) is 81.4 Å². The highest BCUT2D eigenvalue weighted by molar-refractivity contribution is 5.91. The number of carbonyl (C=O) groups is 2. The minimum Gasteiger partial charge on any atom is -0.464 e. The fraction of sp³-hybridized carbons (Fsp3) is 0.600. The van der Waals surface area contributed by atoms with Crippen LogP contribution < -0.4 is 11.1 Å². The second-order valence-electron chi connectivity index (χ2n) is 3.02. The van der Waals surface area contributed by atoms with Crippen LogP contribution in [0.2, 0.25) is 0 Å². The summed E-state index contributed by atoms with van der Waals surface area (Å²) in [5.41, 5.74) is 5.33. The van der Waals surface area contributed by atoms with Gasteiger partial charge in [-0.2, -0.15) is 0 Å². The lowest BCUT2D eigenvalue weighted by molar-refractivity contribution is -0.147. The Morgan fingerprint density at radius 1 is 1.60 bits per heavy atom. The first-order valence-corrected chi connectivity index (χ1v) is 4.95. The zero-order valence-corrected chi connectivity index (χ0v) is 8.99. The number of esters is 1. The summed E-state index contributed by atoms with van der Waals surface area (Å²) < 4.78 is 4.91. The first-order chi connectivity index (χ1) is 7.15. The first kappa shape index (κ1) is 13.6. The fourth-order valence-electron chi connectivity index (χ4n) is 0.862. The minimum absolute atomic E-state index is 0.0184. The van der Waals surface area contributed by atoms with Crippen molar-refractivity contribution in [2.24, 2.45) is 5.73 Å². The molecule has 0 saturated carbocycles. The number of nitrogens with two attached hydrogens (primary N) is 1. The Kier molecular flexibility index (Phi) is 7.27. The van der Waals surface area contributed by atoms with Gasteiger partial charge in [0.1, 0.15) is 6.04 Å². The monoisotopic (exact) mass is 214 g/mol. The van der Waals surface area contributed by atoms with E-state index >= 15 is 0 Å². The van der Waals surface area contributed by atoms with Crippen LogP contribution in [0.4, 0.5) is 0 Å². The van der Waals surface area contributed by atoms with Crippen molar-refractivity contribution in [2.75, 3.05) is 13.2 Å². The van der Waals surface area contributed by atoms with Gasteiger partial charge in [0, 0.05) is 6.54 Å². The molecule has 0 heterocycles. The van der Waals surface area contributed by atoms with E-state index in [1.807, 2.05) is 6.92 Å². The van der Waals surface area contributed by atoms with Gasteiger partial charge >= 0.3 is 5.97 Å². The first-order valence-electron chi connectivity index (χ1n) is 4.95. The Morgan fingerprint density at radius 2 is 2.27 bits per heavy atom. The highest BCUT2D eigenvalue weighted by Gasteiger charge is 2.19. The molecule has 5 nitrogen and oxygen atoms in total. The summed E-state index contributed by atoms with van der Waals surface area (Å²) in [5, 5.41) is 2.39. The Hall–Kier alpha value is -1.36. The molecule has 0 fully saturated rings. The molecule has 3 N–H and O–H groups in total. The molecule has 1 atom stereocenters. The van der Waals surface area contributed by atoms with Crippen molar-refractivity contribution in [1.82, 2.24) is 5.32 Å². The number of rotatable bonds is 7. The van der Waals surface area contributed by atoms with Crippen LogP contribution in [0.15, 0.2) is 12.7 Å². The van der Waals surface area contributed by atoms with E-state index in [1.54, 1.807) is 0 Å². The average Bonchev–Trinajstić information content (AvgIpc) is 2.25. The molecule has 0 saturated heterocycles. The van der Waals surface area contributed by atoms with Gasteiger partial charge in [-0.15, -0.1) is 0 Å². The largest absolute Gasteiger partial charge is 0.464 e. The van der Waals surface area contributed by atoms with Gasteiger partial charge in [0.2, 0.25) is 5.91 Å². The normalized spacial score (nSPS) is 11.6. The molecular formula is C10H18N2O3. The van der Waals surface area contributed by atoms with Crippen LogP contribution in [0.25, 0.3) is 0 Å². The zero-order valence-electron chi connectivity index (χ0n) is 8.99. The molecule has 0 aliphatic heterocycles. The third-order valence-electron chi connectivity index (χ3n) is 1.76. The molecule has 15 heavy (non-hydrogen) atoms. The summed E-state index contributed by atoms with van der Waals surface area (Å²) in [6.45, 7) is 5.65. The molecule has 5 heteroatoms. The van der Waals surface area contributed by atoms with Crippen molar-refractivity contribution in [2.45, 2.75) is 25.8 Å². The summed E-state index contributed by atoms with van der Waals surface area (Å²) in [6, 6.07) is -0.785. The molecule has 0 bridgehead atoms. The summed E-state index contributed by atoms with van der Waals surface area (Å²) >= 11 is 0. The van der Waals surface area contributed by atoms with Crippen LogP contribution in [0.5, 0.6) is 0 Å². The van der Waals surface area contributed by atoms with Gasteiger partial charge in [-0.05, 0) is 12.5 Å². The number of hydrogen-bond donors (Lipinski definition) is 2. The SMILES string of the molecule is C=CC(=O)NC(CN)C(=O)OCCCC. The number of carbonyl (C=O) groups excluding carboxylic acids is 2. The minimum atomic E-state index is -0.785. The third-order valence-corrected chi connectivity index (χ3v) is 1.76. The highest BCUT2D eigenvalue weighted by Crippen LogP contribution is 1.92. The highest BCUT2D eigenvalue weighted by atomic mass is 16.5. The van der Waals surface area contributed by atoms with Crippen molar-refractivity contribution < 1.29 is 14.3 Å². The Morgan fingerprint density at radius 3 is 2.73 bits per heavy atom. The zero-order chi connectivity index (χ0) is 11.7. The summed E-state index contributed by atoms with van der Waals surface area (Å²) in [4.78, 5) is 22.3. The number of nitrogens with one attached hydrogen (secondary N) is 1. The Balaban J connectivity index is 3.98. The molecular weight excluding hydrogens is 196 g/mol. The summed E-state index contributed by atoms with van der Waals surface area (Å²) in [5.74, 6) is -0.931. The predicted molar refractivity (Wildman–Crippen MR) is 57.0 cm³/mol. The standard InChI is InChI=1S/C10H18N2O3/c1-3-5-6-15-10(14)8(7-11)12-9(13)4-2/h4,8H,2-3,5-7,11H2,1H3,(H,12,13). The van der Waals surface area contributed by atoms with E-state index in [2.05, 4.69) is 11.9 Å². The van der Waals surface area contributed by atoms with E-state index < -0.39 is 17.9 Å². The van der Waals surface area contributed by atoms with E-state index in [-0.39, 0.29) is 6.54 Å². The number of unbranched alkanes of at least 4 members (excludes halogenated alkanes) is 1. The molecule has 0 aliphatic carbocycles. The van der Waals surface area contributed by atoms with Gasteiger partial charge in [0.05, 0.1) is 6.61 Å². The summed E-state index contributed by atoms with van der Waals surface area (Å²) in [7, 11) is 0. The Bertz CT molecular complexity index is 229. The van der Waals surface area contributed by atoms with E-state index in [1.165, 1.54) is 0 Å². The van der Waals surface area contributed by atoms with Crippen LogP contribution in [-0.4, -0.2) is 31.1 Å². The Labute approximate surface area is 89.7 Å². The van der Waals surface area contributed by atoms with E-state index in [4.69, 9.17) is 10.5 Å². The van der Waals surface area contributed by atoms with E-state index in [9.17, 15) is 9.59 Å².